The molecule has 1 aliphatic rings. The van der Waals surface area contributed by atoms with Gasteiger partial charge in [0.2, 0.25) is 5.96 Å². The van der Waals surface area contributed by atoms with Crippen LogP contribution in [0.15, 0.2) is 20.6 Å². The summed E-state index contributed by atoms with van der Waals surface area (Å²) in [7, 11) is 0. The summed E-state index contributed by atoms with van der Waals surface area (Å²) in [6.45, 7) is 8.78. The van der Waals surface area contributed by atoms with E-state index in [0.717, 1.165) is 32.7 Å². The maximum atomic E-state index is 5.98. The minimum Gasteiger partial charge on any atom is -0.369 e. The Labute approximate surface area is 148 Å². The average Bonchev–Trinajstić information content (AvgIpc) is 2.85. The van der Waals surface area contributed by atoms with Gasteiger partial charge in [-0.05, 0) is 19.9 Å². The van der Waals surface area contributed by atoms with Gasteiger partial charge in [-0.3, -0.25) is 4.90 Å². The zero-order valence-corrected chi connectivity index (χ0v) is 15.1. The number of nitrogens with two attached hydrogens (primary N) is 2. The third-order valence-corrected chi connectivity index (χ3v) is 3.31. The Morgan fingerprint density at radius 3 is 2.43 bits per heavy atom. The van der Waals surface area contributed by atoms with Crippen LogP contribution in [0.4, 0.5) is 5.82 Å². The van der Waals surface area contributed by atoms with Crippen LogP contribution in [0.3, 0.4) is 0 Å². The highest BCUT2D eigenvalue weighted by atomic mass is 35.5. The molecular weight excluding hydrogens is 341 g/mol. The normalized spacial score (nSPS) is 16.7. The van der Waals surface area contributed by atoms with Gasteiger partial charge in [0.05, 0.1) is 0 Å². The van der Waals surface area contributed by atoms with Crippen LogP contribution in [-0.4, -0.2) is 59.6 Å². The van der Waals surface area contributed by atoms with Crippen molar-refractivity contribution >= 4 is 42.6 Å². The second-order valence-electron chi connectivity index (χ2n) is 5.06. The Hall–Kier alpha value is -1.51. The smallest absolute Gasteiger partial charge is 0.225 e. The summed E-state index contributed by atoms with van der Waals surface area (Å²) in [6, 6.07) is 1.68. The van der Waals surface area contributed by atoms with E-state index in [1.54, 1.807) is 13.0 Å². The Bertz CT molecular complexity index is 524. The van der Waals surface area contributed by atoms with Gasteiger partial charge < -0.3 is 20.9 Å². The average molecular weight is 366 g/mol. The van der Waals surface area contributed by atoms with Crippen LogP contribution in [0.25, 0.3) is 0 Å². The number of rotatable bonds is 3. The van der Waals surface area contributed by atoms with Gasteiger partial charge in [0.15, 0.2) is 11.8 Å². The third kappa shape index (κ3) is 6.64. The molecule has 0 amide bonds. The van der Waals surface area contributed by atoms with E-state index >= 15 is 0 Å². The number of nitrogens with zero attached hydrogens (tertiary/aromatic N) is 5. The van der Waals surface area contributed by atoms with Crippen LogP contribution in [-0.2, 0) is 0 Å². The molecule has 1 aromatic rings. The number of aliphatic imine (C=N–C) groups is 2. The predicted molar refractivity (Wildman–Crippen MR) is 96.9 cm³/mol. The summed E-state index contributed by atoms with van der Waals surface area (Å²) in [5, 5.41) is 3.73. The lowest BCUT2D eigenvalue weighted by Gasteiger charge is -2.34. The van der Waals surface area contributed by atoms with Crippen molar-refractivity contribution in [3.8, 4) is 0 Å². The number of piperazine rings is 1. The predicted octanol–water partition coefficient (Wildman–Crippen LogP) is 1.12. The van der Waals surface area contributed by atoms with E-state index in [-0.39, 0.29) is 30.8 Å². The highest BCUT2D eigenvalue weighted by Gasteiger charge is 2.17. The molecule has 132 valence electrons. The third-order valence-electron chi connectivity index (χ3n) is 3.31. The van der Waals surface area contributed by atoms with E-state index < -0.39 is 0 Å². The van der Waals surface area contributed by atoms with Crippen molar-refractivity contribution in [2.24, 2.45) is 21.5 Å². The van der Waals surface area contributed by atoms with Crippen LogP contribution >= 0.6 is 24.8 Å². The Morgan fingerprint density at radius 2 is 1.91 bits per heavy atom. The molecule has 1 saturated heterocycles. The first-order chi connectivity index (χ1) is 10.1. The minimum atomic E-state index is 0. The van der Waals surface area contributed by atoms with E-state index in [4.69, 9.17) is 16.0 Å². The molecule has 2 rings (SSSR count). The second-order valence-corrected chi connectivity index (χ2v) is 5.06. The molecule has 8 nitrogen and oxygen atoms in total. The molecule has 0 atom stereocenters. The molecule has 1 aromatic heterocycles. The fourth-order valence-electron chi connectivity index (χ4n) is 2.25. The fraction of sp³-hybridized carbons (Fsp3) is 0.615. The summed E-state index contributed by atoms with van der Waals surface area (Å²) >= 11 is 0. The van der Waals surface area contributed by atoms with Gasteiger partial charge in [-0.25, -0.2) is 0 Å². The molecule has 1 aliphatic heterocycles. The number of guanidine groups is 2. The lowest BCUT2D eigenvalue weighted by atomic mass is 10.3. The van der Waals surface area contributed by atoms with E-state index in [9.17, 15) is 0 Å². The van der Waals surface area contributed by atoms with Gasteiger partial charge in [-0.2, -0.15) is 9.98 Å². The minimum absolute atomic E-state index is 0. The SMILES string of the molecule is CCCN1CCN(/C(N)=N\C(N)=Nc2cc(C)on2)CC1.Cl.Cl. The summed E-state index contributed by atoms with van der Waals surface area (Å²) in [5.74, 6) is 1.55. The standard InChI is InChI=1S/C13H23N7O.2ClH/c1-3-4-19-5-7-20(8-6-19)13(15)17-12(14)16-11-9-10(2)21-18-11;;/h9H,3-8H2,1-2H3,(H4,14,15,16,17,18);2*1H. The van der Waals surface area contributed by atoms with Gasteiger partial charge in [0.1, 0.15) is 5.76 Å². The molecule has 0 unspecified atom stereocenters. The molecule has 0 bridgehead atoms. The second kappa shape index (κ2) is 10.3. The van der Waals surface area contributed by atoms with E-state index in [1.807, 2.05) is 4.90 Å². The number of aryl methyl sites for hydroxylation is 1. The molecule has 2 heterocycles. The van der Waals surface area contributed by atoms with Crippen molar-refractivity contribution in [1.29, 1.82) is 0 Å². The van der Waals surface area contributed by atoms with Gasteiger partial charge in [-0.15, -0.1) is 24.8 Å². The number of halogens is 2. The highest BCUT2D eigenvalue weighted by Crippen LogP contribution is 2.10. The van der Waals surface area contributed by atoms with Gasteiger partial charge in [0, 0.05) is 32.2 Å². The zero-order valence-electron chi connectivity index (χ0n) is 13.4. The first kappa shape index (κ1) is 21.5. The molecule has 10 heteroatoms. The molecule has 0 spiro atoms. The number of hydrogen-bond acceptors (Lipinski definition) is 4. The lowest BCUT2D eigenvalue weighted by molar-refractivity contribution is 0.181. The lowest BCUT2D eigenvalue weighted by Crippen LogP contribution is -2.51. The van der Waals surface area contributed by atoms with Gasteiger partial charge in [-0.1, -0.05) is 12.1 Å². The molecule has 0 radical (unpaired) electrons. The maximum Gasteiger partial charge on any atom is 0.225 e. The fourth-order valence-corrected chi connectivity index (χ4v) is 2.25. The Morgan fingerprint density at radius 1 is 1.26 bits per heavy atom. The van der Waals surface area contributed by atoms with E-state index in [2.05, 4.69) is 27.0 Å². The molecule has 0 aromatic carbocycles. The molecular formula is C13H25Cl2N7O. The largest absolute Gasteiger partial charge is 0.369 e. The van der Waals surface area contributed by atoms with E-state index in [0.29, 0.717) is 17.5 Å². The van der Waals surface area contributed by atoms with Crippen molar-refractivity contribution in [2.75, 3.05) is 32.7 Å². The Balaban J connectivity index is 0.00000242. The molecule has 23 heavy (non-hydrogen) atoms. The van der Waals surface area contributed by atoms with Crippen LogP contribution in [0.5, 0.6) is 0 Å². The molecule has 0 saturated carbocycles. The maximum absolute atomic E-state index is 5.98. The number of aromatic nitrogens is 1. The molecule has 0 aliphatic carbocycles. The first-order valence-corrected chi connectivity index (χ1v) is 7.17. The summed E-state index contributed by atoms with van der Waals surface area (Å²) < 4.78 is 4.91. The van der Waals surface area contributed by atoms with Crippen molar-refractivity contribution in [3.63, 3.8) is 0 Å². The van der Waals surface area contributed by atoms with Crippen molar-refractivity contribution < 1.29 is 4.52 Å². The quantitative estimate of drug-likeness (QED) is 0.613. The van der Waals surface area contributed by atoms with Gasteiger partial charge >= 0.3 is 0 Å². The topological polar surface area (TPSA) is 109 Å². The highest BCUT2D eigenvalue weighted by molar-refractivity contribution is 5.94. The van der Waals surface area contributed by atoms with Crippen LogP contribution in [0.2, 0.25) is 0 Å². The number of hydrogen-bond donors (Lipinski definition) is 2. The van der Waals surface area contributed by atoms with Crippen LogP contribution < -0.4 is 11.5 Å². The molecule has 4 N–H and O–H groups in total. The van der Waals surface area contributed by atoms with Gasteiger partial charge in [0.25, 0.3) is 0 Å². The summed E-state index contributed by atoms with van der Waals surface area (Å²) in [4.78, 5) is 12.6. The van der Waals surface area contributed by atoms with Crippen LogP contribution in [0, 0.1) is 6.92 Å². The van der Waals surface area contributed by atoms with Crippen molar-refractivity contribution in [1.82, 2.24) is 15.0 Å². The summed E-state index contributed by atoms with van der Waals surface area (Å²) in [5.41, 5.74) is 11.7. The Kier molecular flexibility index (Phi) is 9.62. The van der Waals surface area contributed by atoms with Crippen molar-refractivity contribution in [2.45, 2.75) is 20.3 Å². The summed E-state index contributed by atoms with van der Waals surface area (Å²) in [6.07, 6.45) is 1.17. The van der Waals surface area contributed by atoms with E-state index in [1.165, 1.54) is 6.42 Å². The van der Waals surface area contributed by atoms with Crippen molar-refractivity contribution in [3.05, 3.63) is 11.8 Å². The monoisotopic (exact) mass is 365 g/mol. The molecule has 1 fully saturated rings. The first-order valence-electron chi connectivity index (χ1n) is 7.17. The van der Waals surface area contributed by atoms with Crippen LogP contribution in [0.1, 0.15) is 19.1 Å². The zero-order chi connectivity index (χ0) is 15.2.